The first-order valence-corrected chi connectivity index (χ1v) is 11.5. The molecule has 1 aromatic carbocycles. The van der Waals surface area contributed by atoms with Gasteiger partial charge < -0.3 is 0 Å². The maximum Gasteiger partial charge on any atom is 0.393 e. The summed E-state index contributed by atoms with van der Waals surface area (Å²) in [5.41, 5.74) is 0.935. The van der Waals surface area contributed by atoms with Crippen LogP contribution in [0.1, 0.15) is 50.9 Å². The molecule has 2 fully saturated rings. The second-order valence-electron chi connectivity index (χ2n) is 8.68. The van der Waals surface area contributed by atoms with E-state index in [0.717, 1.165) is 24.6 Å². The van der Waals surface area contributed by atoms with Gasteiger partial charge >= 0.3 is 6.18 Å². The standard InChI is InChI=1S/C22H30F3N5S/c1-17(28-13-6-3-7-14-28)20-26-29(21(31)30(20)19-10-4-2-5-11-19)16-27-12-8-9-18(15-27)22(23,24)25/h2,4-5,10-11,17-18H,3,6-9,12-16H2,1H3/t17-,18-/m0/s1. The maximum absolute atomic E-state index is 13.3. The second-order valence-corrected chi connectivity index (χ2v) is 9.05. The number of benzene rings is 1. The van der Waals surface area contributed by atoms with Crippen LogP contribution in [0.25, 0.3) is 5.69 Å². The zero-order valence-electron chi connectivity index (χ0n) is 17.9. The highest BCUT2D eigenvalue weighted by atomic mass is 32.1. The summed E-state index contributed by atoms with van der Waals surface area (Å²) in [6, 6.07) is 9.94. The van der Waals surface area contributed by atoms with E-state index in [0.29, 0.717) is 17.7 Å². The molecule has 3 heterocycles. The fourth-order valence-electron chi connectivity index (χ4n) is 4.72. The van der Waals surface area contributed by atoms with Crippen molar-refractivity contribution in [2.45, 2.75) is 57.9 Å². The lowest BCUT2D eigenvalue weighted by molar-refractivity contribution is -0.188. The van der Waals surface area contributed by atoms with Crippen LogP contribution >= 0.6 is 12.2 Å². The van der Waals surface area contributed by atoms with Crippen molar-refractivity contribution in [2.75, 3.05) is 26.2 Å². The lowest BCUT2D eigenvalue weighted by Gasteiger charge is -2.33. The molecule has 0 N–H and O–H groups in total. The molecule has 9 heteroatoms. The van der Waals surface area contributed by atoms with Crippen molar-refractivity contribution in [1.29, 1.82) is 0 Å². The average molecular weight is 454 g/mol. The molecule has 5 nitrogen and oxygen atoms in total. The van der Waals surface area contributed by atoms with Crippen LogP contribution in [0.4, 0.5) is 13.2 Å². The summed E-state index contributed by atoms with van der Waals surface area (Å²) < 4.78 is 44.0. The third-order valence-electron chi connectivity index (χ3n) is 6.49. The first-order chi connectivity index (χ1) is 14.8. The predicted octanol–water partition coefficient (Wildman–Crippen LogP) is 5.18. The normalized spacial score (nSPS) is 22.5. The number of hydrogen-bond donors (Lipinski definition) is 0. The van der Waals surface area contributed by atoms with Crippen LogP contribution in [-0.2, 0) is 6.67 Å². The van der Waals surface area contributed by atoms with Gasteiger partial charge in [-0.05, 0) is 76.6 Å². The molecule has 1 aromatic heterocycles. The Hall–Kier alpha value is -1.71. The Morgan fingerprint density at radius 3 is 2.45 bits per heavy atom. The van der Waals surface area contributed by atoms with Crippen LogP contribution in [-0.4, -0.2) is 56.5 Å². The Morgan fingerprint density at radius 1 is 1.06 bits per heavy atom. The predicted molar refractivity (Wildman–Crippen MR) is 117 cm³/mol. The number of alkyl halides is 3. The molecule has 2 aliphatic rings. The SMILES string of the molecule is C[C@@H](c1nn(CN2CCC[C@H](C(F)(F)F)C2)c(=S)n1-c1ccccc1)N1CCCCC1. The molecule has 0 amide bonds. The van der Waals surface area contributed by atoms with Gasteiger partial charge in [-0.1, -0.05) is 24.6 Å². The molecule has 4 rings (SSSR count). The van der Waals surface area contributed by atoms with Crippen LogP contribution in [0.5, 0.6) is 0 Å². The van der Waals surface area contributed by atoms with Gasteiger partial charge in [0.25, 0.3) is 0 Å². The highest BCUT2D eigenvalue weighted by Crippen LogP contribution is 2.33. The molecule has 0 unspecified atom stereocenters. The van der Waals surface area contributed by atoms with Crippen LogP contribution in [0.3, 0.4) is 0 Å². The summed E-state index contributed by atoms with van der Waals surface area (Å²) in [6.07, 6.45) is 0.165. The molecule has 2 atom stereocenters. The minimum Gasteiger partial charge on any atom is -0.294 e. The van der Waals surface area contributed by atoms with Crippen molar-refractivity contribution in [3.63, 3.8) is 0 Å². The van der Waals surface area contributed by atoms with Crippen molar-refractivity contribution >= 4 is 12.2 Å². The van der Waals surface area contributed by atoms with Crippen LogP contribution in [0.15, 0.2) is 30.3 Å². The van der Waals surface area contributed by atoms with Gasteiger partial charge in [0, 0.05) is 12.2 Å². The first-order valence-electron chi connectivity index (χ1n) is 11.1. The molecule has 2 aliphatic heterocycles. The number of piperidine rings is 2. The Bertz CT molecular complexity index is 917. The van der Waals surface area contributed by atoms with E-state index in [-0.39, 0.29) is 25.7 Å². The molecular weight excluding hydrogens is 423 g/mol. The van der Waals surface area contributed by atoms with Gasteiger partial charge in [0.2, 0.25) is 4.77 Å². The summed E-state index contributed by atoms with van der Waals surface area (Å²) in [5.74, 6) is -0.430. The number of rotatable bonds is 5. The summed E-state index contributed by atoms with van der Waals surface area (Å²) in [6.45, 7) is 5.10. The van der Waals surface area contributed by atoms with E-state index < -0.39 is 12.1 Å². The fraction of sp³-hybridized carbons (Fsp3) is 0.636. The molecule has 0 aliphatic carbocycles. The minimum atomic E-state index is -4.16. The van der Waals surface area contributed by atoms with Gasteiger partial charge in [-0.2, -0.15) is 18.3 Å². The number of para-hydroxylation sites is 1. The average Bonchev–Trinajstić information content (AvgIpc) is 3.10. The zero-order chi connectivity index (χ0) is 22.0. The second kappa shape index (κ2) is 9.42. The third kappa shape index (κ3) is 5.04. The molecule has 170 valence electrons. The zero-order valence-corrected chi connectivity index (χ0v) is 18.7. The van der Waals surface area contributed by atoms with Gasteiger partial charge in [-0.25, -0.2) is 4.68 Å². The van der Waals surface area contributed by atoms with E-state index in [4.69, 9.17) is 17.3 Å². The van der Waals surface area contributed by atoms with Crippen LogP contribution in [0.2, 0.25) is 0 Å². The molecule has 31 heavy (non-hydrogen) atoms. The van der Waals surface area contributed by atoms with E-state index in [1.165, 1.54) is 19.3 Å². The van der Waals surface area contributed by atoms with Gasteiger partial charge in [-0.3, -0.25) is 14.4 Å². The highest BCUT2D eigenvalue weighted by molar-refractivity contribution is 7.71. The minimum absolute atomic E-state index is 0.000478. The van der Waals surface area contributed by atoms with E-state index in [2.05, 4.69) is 11.8 Å². The number of nitrogens with zero attached hydrogens (tertiary/aromatic N) is 5. The van der Waals surface area contributed by atoms with Crippen molar-refractivity contribution in [1.82, 2.24) is 24.1 Å². The van der Waals surface area contributed by atoms with E-state index in [9.17, 15) is 13.2 Å². The van der Waals surface area contributed by atoms with E-state index in [1.54, 1.807) is 4.68 Å². The topological polar surface area (TPSA) is 29.2 Å². The van der Waals surface area contributed by atoms with Gasteiger partial charge in [0.1, 0.15) is 0 Å². The molecule has 0 spiro atoms. The Morgan fingerprint density at radius 2 is 1.77 bits per heavy atom. The van der Waals surface area contributed by atoms with Crippen molar-refractivity contribution < 1.29 is 13.2 Å². The fourth-order valence-corrected chi connectivity index (χ4v) is 5.01. The number of likely N-dealkylation sites (tertiary alicyclic amines) is 2. The summed E-state index contributed by atoms with van der Waals surface area (Å²) in [7, 11) is 0. The Balaban J connectivity index is 1.64. The largest absolute Gasteiger partial charge is 0.393 e. The summed E-state index contributed by atoms with van der Waals surface area (Å²) >= 11 is 5.78. The Kier molecular flexibility index (Phi) is 6.83. The van der Waals surface area contributed by atoms with Crippen molar-refractivity contribution in [3.05, 3.63) is 40.9 Å². The van der Waals surface area contributed by atoms with Crippen molar-refractivity contribution in [3.8, 4) is 5.69 Å². The van der Waals surface area contributed by atoms with Crippen LogP contribution in [0, 0.1) is 10.7 Å². The Labute approximate surface area is 186 Å². The first kappa shape index (κ1) is 22.5. The van der Waals surface area contributed by atoms with Crippen molar-refractivity contribution in [2.24, 2.45) is 5.92 Å². The monoisotopic (exact) mass is 453 g/mol. The quantitative estimate of drug-likeness (QED) is 0.584. The third-order valence-corrected chi connectivity index (χ3v) is 6.89. The molecular formula is C22H30F3N5S. The van der Waals surface area contributed by atoms with E-state index >= 15 is 0 Å². The number of hydrogen-bond acceptors (Lipinski definition) is 4. The number of aromatic nitrogens is 3. The van der Waals surface area contributed by atoms with Gasteiger partial charge in [0.05, 0.1) is 18.6 Å². The lowest BCUT2D eigenvalue weighted by atomic mass is 9.98. The lowest BCUT2D eigenvalue weighted by Crippen LogP contribution is -2.42. The molecule has 0 bridgehead atoms. The summed E-state index contributed by atoms with van der Waals surface area (Å²) in [5, 5.41) is 4.85. The highest BCUT2D eigenvalue weighted by Gasteiger charge is 2.41. The molecule has 2 aromatic rings. The molecule has 2 saturated heterocycles. The smallest absolute Gasteiger partial charge is 0.294 e. The van der Waals surface area contributed by atoms with Crippen LogP contribution < -0.4 is 0 Å². The maximum atomic E-state index is 13.3. The summed E-state index contributed by atoms with van der Waals surface area (Å²) in [4.78, 5) is 4.25. The molecule has 0 radical (unpaired) electrons. The van der Waals surface area contributed by atoms with Gasteiger partial charge in [-0.15, -0.1) is 0 Å². The number of halogens is 3. The van der Waals surface area contributed by atoms with Gasteiger partial charge in [0.15, 0.2) is 5.82 Å². The van der Waals surface area contributed by atoms with E-state index in [1.807, 2.05) is 39.8 Å². The molecule has 0 saturated carbocycles.